The minimum atomic E-state index is 0.189. The van der Waals surface area contributed by atoms with Crippen LogP contribution in [0.3, 0.4) is 0 Å². The topological polar surface area (TPSA) is 46.3 Å². The summed E-state index contributed by atoms with van der Waals surface area (Å²) in [6, 6.07) is 0.470. The fourth-order valence-corrected chi connectivity index (χ4v) is 2.20. The predicted molar refractivity (Wildman–Crippen MR) is 57.9 cm³/mol. The van der Waals surface area contributed by atoms with Crippen LogP contribution in [0.2, 0.25) is 0 Å². The van der Waals surface area contributed by atoms with Crippen LogP contribution in [0.25, 0.3) is 0 Å². The number of hydrogen-bond acceptors (Lipinski definition) is 2. The van der Waals surface area contributed by atoms with Crippen molar-refractivity contribution >= 4 is 5.91 Å². The van der Waals surface area contributed by atoms with Crippen molar-refractivity contribution < 1.29 is 4.79 Å². The second-order valence-corrected chi connectivity index (χ2v) is 4.27. The number of rotatable bonds is 3. The van der Waals surface area contributed by atoms with Crippen molar-refractivity contribution in [3.05, 3.63) is 0 Å². The van der Waals surface area contributed by atoms with E-state index in [-0.39, 0.29) is 18.0 Å². The molecule has 0 aromatic carbocycles. The summed E-state index contributed by atoms with van der Waals surface area (Å²) in [5, 5.41) is 0. The first-order chi connectivity index (χ1) is 6.66. The molecule has 0 bridgehead atoms. The maximum Gasteiger partial charge on any atom is 0.222 e. The molecule has 0 heterocycles. The number of carbonyl (C=O) groups excluding carboxylic acids is 1. The monoisotopic (exact) mass is 198 g/mol. The molecule has 2 atom stereocenters. The second kappa shape index (κ2) is 5.35. The normalized spacial score (nSPS) is 27.4. The molecule has 1 rings (SSSR count). The third-order valence-electron chi connectivity index (χ3n) is 3.14. The highest BCUT2D eigenvalue weighted by atomic mass is 16.2. The van der Waals surface area contributed by atoms with Crippen LogP contribution in [0.15, 0.2) is 0 Å². The Morgan fingerprint density at radius 2 is 2.07 bits per heavy atom. The largest absolute Gasteiger partial charge is 0.341 e. The Kier molecular flexibility index (Phi) is 4.39. The van der Waals surface area contributed by atoms with Crippen LogP contribution in [0, 0.1) is 0 Å². The van der Waals surface area contributed by atoms with E-state index in [1.807, 2.05) is 18.9 Å². The highest BCUT2D eigenvalue weighted by Crippen LogP contribution is 2.21. The van der Waals surface area contributed by atoms with Gasteiger partial charge in [0.1, 0.15) is 0 Å². The minimum Gasteiger partial charge on any atom is -0.341 e. The summed E-state index contributed by atoms with van der Waals surface area (Å²) in [5.74, 6) is 0.245. The van der Waals surface area contributed by atoms with Gasteiger partial charge in [-0.1, -0.05) is 19.8 Å². The van der Waals surface area contributed by atoms with Gasteiger partial charge < -0.3 is 10.6 Å². The van der Waals surface area contributed by atoms with Crippen LogP contribution in [0.4, 0.5) is 0 Å². The van der Waals surface area contributed by atoms with Gasteiger partial charge in [0.25, 0.3) is 0 Å². The van der Waals surface area contributed by atoms with Gasteiger partial charge in [0.15, 0.2) is 0 Å². The molecule has 3 nitrogen and oxygen atoms in total. The summed E-state index contributed by atoms with van der Waals surface area (Å²) >= 11 is 0. The first kappa shape index (κ1) is 11.5. The Balaban J connectivity index is 2.48. The lowest BCUT2D eigenvalue weighted by atomic mass is 9.90. The number of nitrogens with zero attached hydrogens (tertiary/aromatic N) is 1. The summed E-state index contributed by atoms with van der Waals surface area (Å²) in [6.45, 7) is 2.03. The lowest BCUT2D eigenvalue weighted by molar-refractivity contribution is -0.132. The van der Waals surface area contributed by atoms with Gasteiger partial charge in [0, 0.05) is 25.6 Å². The fraction of sp³-hybridized carbons (Fsp3) is 0.909. The highest BCUT2D eigenvalue weighted by Gasteiger charge is 2.27. The summed E-state index contributed by atoms with van der Waals surface area (Å²) in [7, 11) is 1.90. The van der Waals surface area contributed by atoms with E-state index >= 15 is 0 Å². The van der Waals surface area contributed by atoms with Crippen molar-refractivity contribution in [1.82, 2.24) is 4.90 Å². The van der Waals surface area contributed by atoms with Gasteiger partial charge in [-0.3, -0.25) is 4.79 Å². The quantitative estimate of drug-likeness (QED) is 0.747. The molecule has 0 aliphatic heterocycles. The molecule has 0 aromatic heterocycles. The first-order valence-electron chi connectivity index (χ1n) is 5.68. The Labute approximate surface area is 86.6 Å². The molecule has 1 aliphatic rings. The third-order valence-corrected chi connectivity index (χ3v) is 3.14. The van der Waals surface area contributed by atoms with Crippen LogP contribution in [-0.4, -0.2) is 29.9 Å². The average Bonchev–Trinajstić information content (AvgIpc) is 2.18. The van der Waals surface area contributed by atoms with E-state index in [4.69, 9.17) is 5.73 Å². The van der Waals surface area contributed by atoms with Gasteiger partial charge in [0.2, 0.25) is 5.91 Å². The standard InChI is InChI=1S/C11H22N2O/c1-3-6-11(14)13(2)10-8-5-4-7-9(10)12/h9-10H,3-8,12H2,1-2H3. The molecule has 0 saturated heterocycles. The molecule has 1 fully saturated rings. The van der Waals surface area contributed by atoms with Crippen molar-refractivity contribution in [3.63, 3.8) is 0 Å². The van der Waals surface area contributed by atoms with E-state index in [9.17, 15) is 4.79 Å². The summed E-state index contributed by atoms with van der Waals surface area (Å²) in [4.78, 5) is 13.5. The van der Waals surface area contributed by atoms with Crippen molar-refractivity contribution in [2.75, 3.05) is 7.05 Å². The molecule has 3 heteroatoms. The predicted octanol–water partition coefficient (Wildman–Crippen LogP) is 1.51. The average molecular weight is 198 g/mol. The van der Waals surface area contributed by atoms with Crippen molar-refractivity contribution in [2.24, 2.45) is 5.73 Å². The summed E-state index contributed by atoms with van der Waals surface area (Å²) in [5.41, 5.74) is 6.02. The molecule has 0 aromatic rings. The van der Waals surface area contributed by atoms with E-state index in [1.165, 1.54) is 12.8 Å². The number of hydrogen-bond donors (Lipinski definition) is 1. The zero-order chi connectivity index (χ0) is 10.6. The molecule has 1 aliphatic carbocycles. The lowest BCUT2D eigenvalue weighted by Crippen LogP contribution is -2.50. The Morgan fingerprint density at radius 3 is 2.64 bits per heavy atom. The SMILES string of the molecule is CCCC(=O)N(C)C1CCCCC1N. The van der Waals surface area contributed by atoms with E-state index < -0.39 is 0 Å². The molecule has 2 N–H and O–H groups in total. The van der Waals surface area contributed by atoms with Gasteiger partial charge in [-0.25, -0.2) is 0 Å². The molecular weight excluding hydrogens is 176 g/mol. The van der Waals surface area contributed by atoms with Crippen LogP contribution < -0.4 is 5.73 Å². The summed E-state index contributed by atoms with van der Waals surface area (Å²) < 4.78 is 0. The molecule has 1 amide bonds. The smallest absolute Gasteiger partial charge is 0.222 e. The first-order valence-corrected chi connectivity index (χ1v) is 5.68. The molecule has 0 radical (unpaired) electrons. The van der Waals surface area contributed by atoms with Gasteiger partial charge in [-0.2, -0.15) is 0 Å². The number of likely N-dealkylation sites (N-methyl/N-ethyl adjacent to an activating group) is 1. The van der Waals surface area contributed by atoms with Crippen LogP contribution in [0.1, 0.15) is 45.4 Å². The zero-order valence-electron chi connectivity index (χ0n) is 9.33. The van der Waals surface area contributed by atoms with E-state index in [0.29, 0.717) is 6.42 Å². The van der Waals surface area contributed by atoms with Gasteiger partial charge in [0.05, 0.1) is 0 Å². The maximum atomic E-state index is 11.7. The molecule has 14 heavy (non-hydrogen) atoms. The zero-order valence-corrected chi connectivity index (χ0v) is 9.33. The van der Waals surface area contributed by atoms with Crippen LogP contribution in [0.5, 0.6) is 0 Å². The van der Waals surface area contributed by atoms with Crippen LogP contribution in [-0.2, 0) is 4.79 Å². The van der Waals surface area contributed by atoms with E-state index in [0.717, 1.165) is 19.3 Å². The minimum absolute atomic E-state index is 0.189. The lowest BCUT2D eigenvalue weighted by Gasteiger charge is -2.36. The number of nitrogens with two attached hydrogens (primary N) is 1. The molecule has 0 spiro atoms. The molecule has 82 valence electrons. The van der Waals surface area contributed by atoms with Crippen molar-refractivity contribution in [3.8, 4) is 0 Å². The van der Waals surface area contributed by atoms with Gasteiger partial charge >= 0.3 is 0 Å². The number of carbonyl (C=O) groups is 1. The van der Waals surface area contributed by atoms with Crippen molar-refractivity contribution in [1.29, 1.82) is 0 Å². The fourth-order valence-electron chi connectivity index (χ4n) is 2.20. The van der Waals surface area contributed by atoms with Gasteiger partial charge in [-0.15, -0.1) is 0 Å². The maximum absolute atomic E-state index is 11.7. The highest BCUT2D eigenvalue weighted by molar-refractivity contribution is 5.76. The van der Waals surface area contributed by atoms with E-state index in [2.05, 4.69) is 0 Å². The van der Waals surface area contributed by atoms with E-state index in [1.54, 1.807) is 0 Å². The Morgan fingerprint density at radius 1 is 1.43 bits per heavy atom. The Bertz CT molecular complexity index is 194. The van der Waals surface area contributed by atoms with Crippen molar-refractivity contribution in [2.45, 2.75) is 57.5 Å². The second-order valence-electron chi connectivity index (χ2n) is 4.27. The number of amides is 1. The molecule has 1 saturated carbocycles. The van der Waals surface area contributed by atoms with Crippen LogP contribution >= 0.6 is 0 Å². The van der Waals surface area contributed by atoms with Gasteiger partial charge in [-0.05, 0) is 19.3 Å². The Hall–Kier alpha value is -0.570. The molecule has 2 unspecified atom stereocenters. The summed E-state index contributed by atoms with van der Waals surface area (Å²) in [6.07, 6.45) is 6.14. The third kappa shape index (κ3) is 2.71. The molecular formula is C11H22N2O.